The maximum atomic E-state index is 5.69. The van der Waals surface area contributed by atoms with E-state index in [1.54, 1.807) is 0 Å². The van der Waals surface area contributed by atoms with Crippen LogP contribution in [0.3, 0.4) is 0 Å². The minimum absolute atomic E-state index is 0.280. The molecule has 3 heteroatoms. The fourth-order valence-electron chi connectivity index (χ4n) is 1.95. The summed E-state index contributed by atoms with van der Waals surface area (Å²) >= 11 is 0. The van der Waals surface area contributed by atoms with Crippen LogP contribution in [0.5, 0.6) is 0 Å². The molecule has 2 aliphatic heterocycles. The Balaban J connectivity index is 1.69. The summed E-state index contributed by atoms with van der Waals surface area (Å²) in [5.74, 6) is 1.38. The van der Waals surface area contributed by atoms with Crippen molar-refractivity contribution in [3.8, 4) is 0 Å². The molecule has 0 aromatic carbocycles. The number of rotatable bonds is 2. The molecule has 0 aromatic rings. The quantitative estimate of drug-likeness (QED) is 0.696. The van der Waals surface area contributed by atoms with Gasteiger partial charge in [0.2, 0.25) is 0 Å². The predicted molar refractivity (Wildman–Crippen MR) is 50.4 cm³/mol. The highest BCUT2D eigenvalue weighted by Gasteiger charge is 2.24. The molecule has 3 unspecified atom stereocenters. The number of hydrogen-bond donors (Lipinski definition) is 1. The summed E-state index contributed by atoms with van der Waals surface area (Å²) in [5.41, 5.74) is 0. The van der Waals surface area contributed by atoms with Gasteiger partial charge in [-0.25, -0.2) is 0 Å². The van der Waals surface area contributed by atoms with Crippen LogP contribution in [0.4, 0.5) is 0 Å². The van der Waals surface area contributed by atoms with Gasteiger partial charge in [-0.05, 0) is 24.7 Å². The Labute approximate surface area is 79.8 Å². The van der Waals surface area contributed by atoms with Crippen LogP contribution in [0.2, 0.25) is 0 Å². The first kappa shape index (κ1) is 9.44. The van der Waals surface area contributed by atoms with Crippen molar-refractivity contribution >= 4 is 0 Å². The van der Waals surface area contributed by atoms with Crippen molar-refractivity contribution in [1.29, 1.82) is 0 Å². The molecular formula is C10H19NO2. The van der Waals surface area contributed by atoms with Crippen LogP contribution in [-0.4, -0.2) is 32.6 Å². The van der Waals surface area contributed by atoms with E-state index in [0.29, 0.717) is 11.8 Å². The molecule has 0 amide bonds. The monoisotopic (exact) mass is 185 g/mol. The predicted octanol–water partition coefficient (Wildman–Crippen LogP) is 0.995. The highest BCUT2D eigenvalue weighted by molar-refractivity contribution is 4.72. The standard InChI is InChI=1S/C10H19NO2/c1-8-5-11-10(13-6-8)4-9-2-3-12-7-9/h8-11H,2-7H2,1H3. The summed E-state index contributed by atoms with van der Waals surface area (Å²) in [7, 11) is 0. The van der Waals surface area contributed by atoms with Gasteiger partial charge >= 0.3 is 0 Å². The molecule has 3 atom stereocenters. The smallest absolute Gasteiger partial charge is 0.108 e. The van der Waals surface area contributed by atoms with Gasteiger partial charge in [0.1, 0.15) is 6.23 Å². The molecule has 2 heterocycles. The zero-order valence-electron chi connectivity index (χ0n) is 8.29. The molecule has 76 valence electrons. The van der Waals surface area contributed by atoms with Gasteiger partial charge in [-0.1, -0.05) is 6.92 Å². The van der Waals surface area contributed by atoms with E-state index in [2.05, 4.69) is 12.2 Å². The van der Waals surface area contributed by atoms with Gasteiger partial charge in [-0.15, -0.1) is 0 Å². The van der Waals surface area contributed by atoms with Crippen molar-refractivity contribution in [1.82, 2.24) is 5.32 Å². The summed E-state index contributed by atoms with van der Waals surface area (Å²) in [5, 5.41) is 3.42. The van der Waals surface area contributed by atoms with Crippen molar-refractivity contribution < 1.29 is 9.47 Å². The van der Waals surface area contributed by atoms with Gasteiger partial charge in [0.15, 0.2) is 0 Å². The summed E-state index contributed by atoms with van der Waals surface area (Å²) < 4.78 is 11.0. The van der Waals surface area contributed by atoms with E-state index < -0.39 is 0 Å². The molecule has 1 N–H and O–H groups in total. The summed E-state index contributed by atoms with van der Waals surface area (Å²) in [4.78, 5) is 0. The molecule has 0 spiro atoms. The molecular weight excluding hydrogens is 166 g/mol. The Hall–Kier alpha value is -0.120. The SMILES string of the molecule is CC1CNC(CC2CCOC2)OC1. The summed E-state index contributed by atoms with van der Waals surface area (Å²) in [6.07, 6.45) is 2.60. The Morgan fingerprint density at radius 3 is 2.92 bits per heavy atom. The first-order chi connectivity index (χ1) is 6.34. The van der Waals surface area contributed by atoms with Crippen LogP contribution in [0.1, 0.15) is 19.8 Å². The molecule has 2 saturated heterocycles. The highest BCUT2D eigenvalue weighted by atomic mass is 16.5. The molecule has 0 saturated carbocycles. The van der Waals surface area contributed by atoms with Gasteiger partial charge in [0.05, 0.1) is 6.61 Å². The molecule has 2 rings (SSSR count). The molecule has 0 bridgehead atoms. The van der Waals surface area contributed by atoms with Gasteiger partial charge < -0.3 is 9.47 Å². The van der Waals surface area contributed by atoms with Crippen LogP contribution in [0, 0.1) is 11.8 Å². The van der Waals surface area contributed by atoms with E-state index in [4.69, 9.17) is 9.47 Å². The Morgan fingerprint density at radius 2 is 2.31 bits per heavy atom. The van der Waals surface area contributed by atoms with Crippen molar-refractivity contribution in [2.75, 3.05) is 26.4 Å². The average Bonchev–Trinajstić information content (AvgIpc) is 2.62. The third-order valence-electron chi connectivity index (χ3n) is 2.85. The lowest BCUT2D eigenvalue weighted by atomic mass is 10.0. The third-order valence-corrected chi connectivity index (χ3v) is 2.85. The van der Waals surface area contributed by atoms with Crippen LogP contribution in [0.15, 0.2) is 0 Å². The second-order valence-corrected chi connectivity index (χ2v) is 4.30. The maximum Gasteiger partial charge on any atom is 0.108 e. The number of nitrogens with one attached hydrogen (secondary N) is 1. The Kier molecular flexibility index (Phi) is 3.19. The lowest BCUT2D eigenvalue weighted by Gasteiger charge is -2.29. The second-order valence-electron chi connectivity index (χ2n) is 4.30. The second kappa shape index (κ2) is 4.40. The number of hydrogen-bond acceptors (Lipinski definition) is 3. The van der Waals surface area contributed by atoms with E-state index >= 15 is 0 Å². The summed E-state index contributed by atoms with van der Waals surface area (Å²) in [6, 6.07) is 0. The molecule has 2 fully saturated rings. The lowest BCUT2D eigenvalue weighted by Crippen LogP contribution is -2.43. The maximum absolute atomic E-state index is 5.69. The number of ether oxygens (including phenoxy) is 2. The lowest BCUT2D eigenvalue weighted by molar-refractivity contribution is -0.0363. The molecule has 0 aliphatic carbocycles. The van der Waals surface area contributed by atoms with Gasteiger partial charge in [0, 0.05) is 19.8 Å². The first-order valence-electron chi connectivity index (χ1n) is 5.27. The van der Waals surface area contributed by atoms with E-state index in [9.17, 15) is 0 Å². The normalized spacial score (nSPS) is 40.8. The van der Waals surface area contributed by atoms with Crippen LogP contribution >= 0.6 is 0 Å². The zero-order valence-corrected chi connectivity index (χ0v) is 8.29. The van der Waals surface area contributed by atoms with Crippen LogP contribution < -0.4 is 5.32 Å². The van der Waals surface area contributed by atoms with Crippen LogP contribution in [0.25, 0.3) is 0 Å². The Morgan fingerprint density at radius 1 is 1.38 bits per heavy atom. The van der Waals surface area contributed by atoms with Gasteiger partial charge in [-0.3, -0.25) is 5.32 Å². The van der Waals surface area contributed by atoms with Crippen LogP contribution in [-0.2, 0) is 9.47 Å². The molecule has 0 radical (unpaired) electrons. The van der Waals surface area contributed by atoms with Crippen molar-refractivity contribution in [3.05, 3.63) is 0 Å². The Bertz CT molecular complexity index is 149. The van der Waals surface area contributed by atoms with E-state index in [1.165, 1.54) is 6.42 Å². The molecule has 13 heavy (non-hydrogen) atoms. The van der Waals surface area contributed by atoms with E-state index in [1.807, 2.05) is 0 Å². The van der Waals surface area contributed by atoms with E-state index in [0.717, 1.165) is 32.8 Å². The zero-order chi connectivity index (χ0) is 9.10. The first-order valence-corrected chi connectivity index (χ1v) is 5.27. The average molecular weight is 185 g/mol. The largest absolute Gasteiger partial charge is 0.381 e. The fraction of sp³-hybridized carbons (Fsp3) is 1.00. The van der Waals surface area contributed by atoms with Crippen molar-refractivity contribution in [3.63, 3.8) is 0 Å². The van der Waals surface area contributed by atoms with E-state index in [-0.39, 0.29) is 6.23 Å². The van der Waals surface area contributed by atoms with Gasteiger partial charge in [-0.2, -0.15) is 0 Å². The van der Waals surface area contributed by atoms with Gasteiger partial charge in [0.25, 0.3) is 0 Å². The summed E-state index contributed by atoms with van der Waals surface area (Å²) in [6.45, 7) is 6.08. The highest BCUT2D eigenvalue weighted by Crippen LogP contribution is 2.20. The van der Waals surface area contributed by atoms with Crippen molar-refractivity contribution in [2.45, 2.75) is 26.0 Å². The fourth-order valence-corrected chi connectivity index (χ4v) is 1.95. The molecule has 0 aromatic heterocycles. The minimum atomic E-state index is 0.280. The van der Waals surface area contributed by atoms with Crippen molar-refractivity contribution in [2.24, 2.45) is 11.8 Å². The minimum Gasteiger partial charge on any atom is -0.381 e. The third kappa shape index (κ3) is 2.66. The topological polar surface area (TPSA) is 30.5 Å². The molecule has 3 nitrogen and oxygen atoms in total. The molecule has 2 aliphatic rings.